The van der Waals surface area contributed by atoms with Crippen molar-refractivity contribution in [1.29, 1.82) is 0 Å². The second-order valence-corrected chi connectivity index (χ2v) is 7.90. The van der Waals surface area contributed by atoms with Gasteiger partial charge in [-0.1, -0.05) is 53.3 Å². The third-order valence-corrected chi connectivity index (χ3v) is 5.62. The molecule has 142 valence electrons. The lowest BCUT2D eigenvalue weighted by Gasteiger charge is -2.18. The molecule has 1 saturated heterocycles. The molecule has 2 aromatic carbocycles. The number of rotatable bonds is 5. The first-order chi connectivity index (χ1) is 13.6. The average molecular weight is 413 g/mol. The van der Waals surface area contributed by atoms with E-state index in [9.17, 15) is 9.59 Å². The van der Waals surface area contributed by atoms with Crippen LogP contribution in [0, 0.1) is 0 Å². The number of hydrogen-bond donors (Lipinski definition) is 1. The molecule has 28 heavy (non-hydrogen) atoms. The van der Waals surface area contributed by atoms with Crippen LogP contribution in [-0.4, -0.2) is 28.6 Å². The lowest BCUT2D eigenvalue weighted by molar-refractivity contribution is -0.117. The molecule has 0 atom stereocenters. The van der Waals surface area contributed by atoms with Crippen LogP contribution < -0.4 is 10.2 Å². The highest BCUT2D eigenvalue weighted by molar-refractivity contribution is 7.15. The van der Waals surface area contributed by atoms with Crippen LogP contribution in [0.15, 0.2) is 48.5 Å². The number of halogens is 1. The molecule has 1 aliphatic rings. The number of amides is 2. The number of nitrogens with one attached hydrogen (secondary N) is 1. The SMILES string of the molecule is O=C(Nc1nnc(Cc2ccccc2)s1)c1ccc(Cl)c(N2CCCC2=O)c1. The highest BCUT2D eigenvalue weighted by Gasteiger charge is 2.24. The van der Waals surface area contributed by atoms with Crippen LogP contribution in [0.25, 0.3) is 0 Å². The van der Waals surface area contributed by atoms with Gasteiger partial charge < -0.3 is 4.90 Å². The van der Waals surface area contributed by atoms with Crippen LogP contribution in [0.5, 0.6) is 0 Å². The number of carbonyl (C=O) groups is 2. The van der Waals surface area contributed by atoms with Gasteiger partial charge in [0.15, 0.2) is 0 Å². The second kappa shape index (κ2) is 8.08. The van der Waals surface area contributed by atoms with Gasteiger partial charge >= 0.3 is 0 Å². The first-order valence-electron chi connectivity index (χ1n) is 8.88. The van der Waals surface area contributed by atoms with Crippen LogP contribution in [0.1, 0.15) is 33.8 Å². The molecule has 4 rings (SSSR count). The smallest absolute Gasteiger partial charge is 0.257 e. The molecule has 1 aliphatic heterocycles. The van der Waals surface area contributed by atoms with Crippen LogP contribution in [0.2, 0.25) is 5.02 Å². The lowest BCUT2D eigenvalue weighted by Crippen LogP contribution is -2.24. The van der Waals surface area contributed by atoms with E-state index >= 15 is 0 Å². The fraction of sp³-hybridized carbons (Fsp3) is 0.200. The molecule has 0 unspecified atom stereocenters. The van der Waals surface area contributed by atoms with Gasteiger partial charge in [0, 0.05) is 24.9 Å². The highest BCUT2D eigenvalue weighted by atomic mass is 35.5. The van der Waals surface area contributed by atoms with Gasteiger partial charge in [0.2, 0.25) is 11.0 Å². The predicted molar refractivity (Wildman–Crippen MR) is 110 cm³/mol. The summed E-state index contributed by atoms with van der Waals surface area (Å²) in [5, 5.41) is 12.7. The molecule has 1 N–H and O–H groups in total. The van der Waals surface area contributed by atoms with Crippen molar-refractivity contribution in [2.24, 2.45) is 0 Å². The first-order valence-corrected chi connectivity index (χ1v) is 10.1. The number of anilines is 2. The lowest BCUT2D eigenvalue weighted by atomic mass is 10.1. The van der Waals surface area contributed by atoms with E-state index in [0.717, 1.165) is 17.0 Å². The minimum Gasteiger partial charge on any atom is -0.311 e. The van der Waals surface area contributed by atoms with Gasteiger partial charge in [-0.25, -0.2) is 0 Å². The van der Waals surface area contributed by atoms with Crippen LogP contribution in [0.4, 0.5) is 10.8 Å². The molecule has 8 heteroatoms. The second-order valence-electron chi connectivity index (χ2n) is 6.43. The Morgan fingerprint density at radius 3 is 2.75 bits per heavy atom. The Morgan fingerprint density at radius 1 is 1.18 bits per heavy atom. The van der Waals surface area contributed by atoms with E-state index in [2.05, 4.69) is 15.5 Å². The standard InChI is InChI=1S/C20H17ClN4O2S/c21-15-9-8-14(12-16(15)25-10-4-7-18(25)26)19(27)22-20-24-23-17(28-20)11-13-5-2-1-3-6-13/h1-3,5-6,8-9,12H,4,7,10-11H2,(H,22,24,27). The van der Waals surface area contributed by atoms with E-state index in [4.69, 9.17) is 11.6 Å². The Bertz CT molecular complexity index is 1020. The average Bonchev–Trinajstić information content (AvgIpc) is 3.32. The van der Waals surface area contributed by atoms with E-state index in [1.807, 2.05) is 30.3 Å². The summed E-state index contributed by atoms with van der Waals surface area (Å²) in [6.45, 7) is 0.614. The number of nitrogens with zero attached hydrogens (tertiary/aromatic N) is 3. The summed E-state index contributed by atoms with van der Waals surface area (Å²) in [7, 11) is 0. The molecule has 6 nitrogen and oxygen atoms in total. The van der Waals surface area contributed by atoms with E-state index in [0.29, 0.717) is 40.8 Å². The molecule has 0 spiro atoms. The predicted octanol–water partition coefficient (Wildman–Crippen LogP) is 4.16. The zero-order chi connectivity index (χ0) is 19.5. The Kier molecular flexibility index (Phi) is 5.36. The summed E-state index contributed by atoms with van der Waals surface area (Å²) in [5.41, 5.74) is 2.12. The van der Waals surface area contributed by atoms with Crippen LogP contribution in [-0.2, 0) is 11.2 Å². The summed E-state index contributed by atoms with van der Waals surface area (Å²) in [6.07, 6.45) is 1.96. The van der Waals surface area contributed by atoms with Gasteiger partial charge in [-0.2, -0.15) is 0 Å². The van der Waals surface area contributed by atoms with Crippen molar-refractivity contribution in [3.8, 4) is 0 Å². The van der Waals surface area contributed by atoms with Crippen LogP contribution in [0.3, 0.4) is 0 Å². The van der Waals surface area contributed by atoms with Crippen molar-refractivity contribution in [2.45, 2.75) is 19.3 Å². The van der Waals surface area contributed by atoms with E-state index in [1.54, 1.807) is 23.1 Å². The Balaban J connectivity index is 1.47. The Labute approximate surface area is 171 Å². The van der Waals surface area contributed by atoms with Crippen molar-refractivity contribution >= 4 is 45.6 Å². The van der Waals surface area contributed by atoms with Crippen molar-refractivity contribution < 1.29 is 9.59 Å². The minimum absolute atomic E-state index is 0.0223. The zero-order valence-corrected chi connectivity index (χ0v) is 16.5. The maximum absolute atomic E-state index is 12.6. The Morgan fingerprint density at radius 2 is 2.00 bits per heavy atom. The van der Waals surface area contributed by atoms with Gasteiger partial charge in [-0.3, -0.25) is 14.9 Å². The molecular formula is C20H17ClN4O2S. The van der Waals surface area contributed by atoms with Crippen LogP contribution >= 0.6 is 22.9 Å². The maximum atomic E-state index is 12.6. The normalized spacial score (nSPS) is 13.8. The molecular weight excluding hydrogens is 396 g/mol. The number of aromatic nitrogens is 2. The van der Waals surface area contributed by atoms with Gasteiger partial charge in [-0.15, -0.1) is 10.2 Å². The number of carbonyl (C=O) groups excluding carboxylic acids is 2. The summed E-state index contributed by atoms with van der Waals surface area (Å²) in [5.74, 6) is -0.291. The van der Waals surface area contributed by atoms with Gasteiger partial charge in [-0.05, 0) is 30.2 Å². The number of hydrogen-bond acceptors (Lipinski definition) is 5. The highest BCUT2D eigenvalue weighted by Crippen LogP contribution is 2.30. The third kappa shape index (κ3) is 4.05. The molecule has 0 bridgehead atoms. The fourth-order valence-electron chi connectivity index (χ4n) is 3.08. The first kappa shape index (κ1) is 18.6. The van der Waals surface area contributed by atoms with E-state index < -0.39 is 0 Å². The summed E-state index contributed by atoms with van der Waals surface area (Å²) in [4.78, 5) is 26.3. The molecule has 2 amide bonds. The van der Waals surface area contributed by atoms with Gasteiger partial charge in [0.1, 0.15) is 5.01 Å². The zero-order valence-electron chi connectivity index (χ0n) is 14.9. The number of benzene rings is 2. The van der Waals surface area contributed by atoms with Crippen molar-refractivity contribution in [2.75, 3.05) is 16.8 Å². The van der Waals surface area contributed by atoms with Crippen molar-refractivity contribution in [1.82, 2.24) is 10.2 Å². The van der Waals surface area contributed by atoms with Crippen molar-refractivity contribution in [3.05, 3.63) is 69.7 Å². The molecule has 2 heterocycles. The fourth-order valence-corrected chi connectivity index (χ4v) is 4.07. The molecule has 1 aromatic heterocycles. The van der Waals surface area contributed by atoms with Gasteiger partial charge in [0.25, 0.3) is 5.91 Å². The Hall–Kier alpha value is -2.77. The topological polar surface area (TPSA) is 75.2 Å². The van der Waals surface area contributed by atoms with Gasteiger partial charge in [0.05, 0.1) is 10.7 Å². The molecule has 1 fully saturated rings. The quantitative estimate of drug-likeness (QED) is 0.682. The summed E-state index contributed by atoms with van der Waals surface area (Å²) >= 11 is 7.58. The molecule has 0 aliphatic carbocycles. The molecule has 3 aromatic rings. The summed E-state index contributed by atoms with van der Waals surface area (Å²) < 4.78 is 0. The summed E-state index contributed by atoms with van der Waals surface area (Å²) in [6, 6.07) is 14.9. The van der Waals surface area contributed by atoms with E-state index in [1.165, 1.54) is 11.3 Å². The molecule has 0 radical (unpaired) electrons. The van der Waals surface area contributed by atoms with E-state index in [-0.39, 0.29) is 11.8 Å². The largest absolute Gasteiger partial charge is 0.311 e. The van der Waals surface area contributed by atoms with Crippen molar-refractivity contribution in [3.63, 3.8) is 0 Å². The minimum atomic E-state index is -0.313. The molecule has 0 saturated carbocycles. The maximum Gasteiger partial charge on any atom is 0.257 e. The third-order valence-electron chi connectivity index (χ3n) is 4.46. The monoisotopic (exact) mass is 412 g/mol.